The molecule has 0 unspecified atom stereocenters. The summed E-state index contributed by atoms with van der Waals surface area (Å²) in [5, 5.41) is 18.9. The summed E-state index contributed by atoms with van der Waals surface area (Å²) in [6.45, 7) is 0. The van der Waals surface area contributed by atoms with Crippen LogP contribution in [0.4, 0.5) is 0 Å². The second kappa shape index (κ2) is 4.88. The average molecular weight is 234 g/mol. The van der Waals surface area contributed by atoms with Gasteiger partial charge >= 0.3 is 5.97 Å². The Labute approximate surface area is 101 Å². The molecule has 1 saturated carbocycles. The SMILES string of the molecule is O=C(O)CC1(O)CCC(c2ccccc2)CC1. The molecule has 3 heteroatoms. The van der Waals surface area contributed by atoms with Crippen molar-refractivity contribution in [2.75, 3.05) is 0 Å². The van der Waals surface area contributed by atoms with E-state index in [4.69, 9.17) is 5.11 Å². The minimum absolute atomic E-state index is 0.130. The molecule has 0 heterocycles. The summed E-state index contributed by atoms with van der Waals surface area (Å²) < 4.78 is 0. The molecule has 0 amide bonds. The van der Waals surface area contributed by atoms with Gasteiger partial charge in [0.1, 0.15) is 0 Å². The zero-order chi connectivity index (χ0) is 12.3. The second-order valence-corrected chi connectivity index (χ2v) is 4.98. The van der Waals surface area contributed by atoms with Crippen LogP contribution < -0.4 is 0 Å². The molecule has 92 valence electrons. The maximum Gasteiger partial charge on any atom is 0.306 e. The van der Waals surface area contributed by atoms with Crippen LogP contribution in [0.15, 0.2) is 30.3 Å². The molecule has 3 nitrogen and oxygen atoms in total. The van der Waals surface area contributed by atoms with Gasteiger partial charge in [-0.25, -0.2) is 0 Å². The molecule has 0 aromatic heterocycles. The van der Waals surface area contributed by atoms with Gasteiger partial charge in [-0.15, -0.1) is 0 Å². The molecular weight excluding hydrogens is 216 g/mol. The smallest absolute Gasteiger partial charge is 0.306 e. The lowest BCUT2D eigenvalue weighted by Gasteiger charge is -2.35. The normalized spacial score (nSPS) is 28.9. The highest BCUT2D eigenvalue weighted by Gasteiger charge is 2.35. The maximum absolute atomic E-state index is 10.7. The van der Waals surface area contributed by atoms with Crippen LogP contribution in [0.1, 0.15) is 43.6 Å². The van der Waals surface area contributed by atoms with Crippen LogP contribution in [0.2, 0.25) is 0 Å². The van der Waals surface area contributed by atoms with Crippen LogP contribution in [0.25, 0.3) is 0 Å². The molecule has 17 heavy (non-hydrogen) atoms. The van der Waals surface area contributed by atoms with Gasteiger partial charge in [0.15, 0.2) is 0 Å². The molecule has 1 aliphatic carbocycles. The average Bonchev–Trinajstić information content (AvgIpc) is 2.29. The number of aliphatic carboxylic acids is 1. The Balaban J connectivity index is 1.96. The summed E-state index contributed by atoms with van der Waals surface area (Å²) in [5.74, 6) is -0.448. The number of carboxylic acid groups (broad SMARTS) is 1. The Morgan fingerprint density at radius 2 is 1.82 bits per heavy atom. The summed E-state index contributed by atoms with van der Waals surface area (Å²) in [5.41, 5.74) is 0.307. The van der Waals surface area contributed by atoms with Crippen molar-refractivity contribution in [3.05, 3.63) is 35.9 Å². The number of rotatable bonds is 3. The third-order valence-corrected chi connectivity index (χ3v) is 3.67. The Morgan fingerprint density at radius 3 is 2.35 bits per heavy atom. The topological polar surface area (TPSA) is 57.5 Å². The number of carbonyl (C=O) groups is 1. The fourth-order valence-corrected chi connectivity index (χ4v) is 2.67. The van der Waals surface area contributed by atoms with Gasteiger partial charge in [-0.2, -0.15) is 0 Å². The highest BCUT2D eigenvalue weighted by atomic mass is 16.4. The van der Waals surface area contributed by atoms with E-state index in [1.54, 1.807) is 0 Å². The Hall–Kier alpha value is -1.35. The van der Waals surface area contributed by atoms with Crippen molar-refractivity contribution in [1.29, 1.82) is 0 Å². The summed E-state index contributed by atoms with van der Waals surface area (Å²) in [6.07, 6.45) is 2.77. The van der Waals surface area contributed by atoms with Crippen molar-refractivity contribution in [3.63, 3.8) is 0 Å². The second-order valence-electron chi connectivity index (χ2n) is 4.98. The Bertz CT molecular complexity index is 378. The number of hydrogen-bond acceptors (Lipinski definition) is 2. The van der Waals surface area contributed by atoms with Crippen molar-refractivity contribution in [2.24, 2.45) is 0 Å². The van der Waals surface area contributed by atoms with Crippen LogP contribution in [-0.2, 0) is 4.79 Å². The fourth-order valence-electron chi connectivity index (χ4n) is 2.67. The predicted molar refractivity (Wildman–Crippen MR) is 64.9 cm³/mol. The maximum atomic E-state index is 10.7. The fraction of sp³-hybridized carbons (Fsp3) is 0.500. The number of aliphatic hydroxyl groups is 1. The molecule has 0 aliphatic heterocycles. The third kappa shape index (κ3) is 3.07. The standard InChI is InChI=1S/C14H18O3/c15-13(16)10-14(17)8-6-12(7-9-14)11-4-2-1-3-5-11/h1-5,12,17H,6-10H2,(H,15,16). The first-order valence-electron chi connectivity index (χ1n) is 6.08. The minimum atomic E-state index is -0.989. The quantitative estimate of drug-likeness (QED) is 0.845. The van der Waals surface area contributed by atoms with Crippen molar-refractivity contribution in [1.82, 2.24) is 0 Å². The van der Waals surface area contributed by atoms with Crippen molar-refractivity contribution < 1.29 is 15.0 Å². The van der Waals surface area contributed by atoms with E-state index >= 15 is 0 Å². The molecule has 0 atom stereocenters. The van der Waals surface area contributed by atoms with E-state index in [9.17, 15) is 9.90 Å². The Kier molecular flexibility index (Phi) is 3.48. The summed E-state index contributed by atoms with van der Waals surface area (Å²) >= 11 is 0. The minimum Gasteiger partial charge on any atom is -0.481 e. The lowest BCUT2D eigenvalue weighted by molar-refractivity contribution is -0.144. The van der Waals surface area contributed by atoms with Crippen molar-refractivity contribution in [3.8, 4) is 0 Å². The molecule has 2 rings (SSSR count). The highest BCUT2D eigenvalue weighted by Crippen LogP contribution is 2.39. The highest BCUT2D eigenvalue weighted by molar-refractivity contribution is 5.68. The van der Waals surface area contributed by atoms with E-state index in [0.717, 1.165) is 12.8 Å². The number of benzene rings is 1. The molecule has 0 spiro atoms. The van der Waals surface area contributed by atoms with Gasteiger partial charge in [-0.05, 0) is 37.2 Å². The first kappa shape index (κ1) is 12.1. The molecule has 0 bridgehead atoms. The van der Waals surface area contributed by atoms with E-state index in [1.165, 1.54) is 5.56 Å². The van der Waals surface area contributed by atoms with Gasteiger partial charge in [0.05, 0.1) is 12.0 Å². The summed E-state index contributed by atoms with van der Waals surface area (Å²) in [6, 6.07) is 10.2. The van der Waals surface area contributed by atoms with Crippen LogP contribution in [-0.4, -0.2) is 21.8 Å². The van der Waals surface area contributed by atoms with Gasteiger partial charge in [-0.3, -0.25) is 4.79 Å². The molecule has 1 aromatic rings. The third-order valence-electron chi connectivity index (χ3n) is 3.67. The predicted octanol–water partition coefficient (Wildman–Crippen LogP) is 2.55. The van der Waals surface area contributed by atoms with Gasteiger partial charge in [0, 0.05) is 0 Å². The molecule has 1 aromatic carbocycles. The lowest BCUT2D eigenvalue weighted by Crippen LogP contribution is -2.35. The van der Waals surface area contributed by atoms with Gasteiger partial charge in [0.2, 0.25) is 0 Å². The van der Waals surface area contributed by atoms with Crippen LogP contribution >= 0.6 is 0 Å². The molecule has 0 saturated heterocycles. The van der Waals surface area contributed by atoms with E-state index < -0.39 is 11.6 Å². The van der Waals surface area contributed by atoms with Crippen LogP contribution in [0.3, 0.4) is 0 Å². The molecule has 1 aliphatic rings. The molecule has 0 radical (unpaired) electrons. The lowest BCUT2D eigenvalue weighted by atomic mass is 9.75. The van der Waals surface area contributed by atoms with Crippen molar-refractivity contribution >= 4 is 5.97 Å². The zero-order valence-electron chi connectivity index (χ0n) is 9.80. The summed E-state index contributed by atoms with van der Waals surface area (Å²) in [7, 11) is 0. The first-order valence-corrected chi connectivity index (χ1v) is 6.08. The van der Waals surface area contributed by atoms with Crippen molar-refractivity contribution in [2.45, 2.75) is 43.6 Å². The van der Waals surface area contributed by atoms with Gasteiger partial charge in [-0.1, -0.05) is 30.3 Å². The van der Waals surface area contributed by atoms with E-state index in [1.807, 2.05) is 18.2 Å². The number of hydrogen-bond donors (Lipinski definition) is 2. The van der Waals surface area contributed by atoms with E-state index in [-0.39, 0.29) is 6.42 Å². The summed E-state index contributed by atoms with van der Waals surface area (Å²) in [4.78, 5) is 10.7. The largest absolute Gasteiger partial charge is 0.481 e. The monoisotopic (exact) mass is 234 g/mol. The van der Waals surface area contributed by atoms with Gasteiger partial charge in [0.25, 0.3) is 0 Å². The van der Waals surface area contributed by atoms with Crippen LogP contribution in [0, 0.1) is 0 Å². The first-order chi connectivity index (χ1) is 8.09. The zero-order valence-corrected chi connectivity index (χ0v) is 9.80. The van der Waals surface area contributed by atoms with Crippen LogP contribution in [0.5, 0.6) is 0 Å². The molecular formula is C14H18O3. The van der Waals surface area contributed by atoms with E-state index in [2.05, 4.69) is 12.1 Å². The molecule has 2 N–H and O–H groups in total. The van der Waals surface area contributed by atoms with Gasteiger partial charge < -0.3 is 10.2 Å². The Morgan fingerprint density at radius 1 is 1.24 bits per heavy atom. The number of carboxylic acids is 1. The molecule has 1 fully saturated rings. The van der Waals surface area contributed by atoms with E-state index in [0.29, 0.717) is 18.8 Å².